The maximum atomic E-state index is 12.0. The van der Waals surface area contributed by atoms with Crippen LogP contribution in [0.1, 0.15) is 51.9 Å². The maximum Gasteiger partial charge on any atom is 0.222 e. The minimum atomic E-state index is 0.199. The number of hydrogen-bond donors (Lipinski definition) is 2. The van der Waals surface area contributed by atoms with Crippen LogP contribution in [0.4, 0.5) is 0 Å². The average molecular weight is 252 g/mol. The fourth-order valence-electron chi connectivity index (χ4n) is 3.37. The van der Waals surface area contributed by atoms with E-state index in [9.17, 15) is 4.79 Å². The van der Waals surface area contributed by atoms with Gasteiger partial charge in [-0.1, -0.05) is 32.6 Å². The monoisotopic (exact) mass is 252 g/mol. The van der Waals surface area contributed by atoms with E-state index >= 15 is 0 Å². The van der Waals surface area contributed by atoms with E-state index in [0.717, 1.165) is 32.0 Å². The maximum absolute atomic E-state index is 12.0. The highest BCUT2D eigenvalue weighted by Crippen LogP contribution is 2.30. The molecule has 1 saturated carbocycles. The molecule has 1 heterocycles. The van der Waals surface area contributed by atoms with E-state index in [1.807, 2.05) is 0 Å². The van der Waals surface area contributed by atoms with Crippen molar-refractivity contribution in [2.45, 2.75) is 51.9 Å². The summed E-state index contributed by atoms with van der Waals surface area (Å²) in [5.41, 5.74) is 0. The molecule has 2 rings (SSSR count). The minimum absolute atomic E-state index is 0.199. The third kappa shape index (κ3) is 4.27. The summed E-state index contributed by atoms with van der Waals surface area (Å²) in [7, 11) is 0. The van der Waals surface area contributed by atoms with Gasteiger partial charge in [0.1, 0.15) is 0 Å². The largest absolute Gasteiger partial charge is 0.356 e. The van der Waals surface area contributed by atoms with Gasteiger partial charge < -0.3 is 10.6 Å². The van der Waals surface area contributed by atoms with Crippen LogP contribution in [0.15, 0.2) is 0 Å². The number of amides is 1. The van der Waals surface area contributed by atoms with Crippen molar-refractivity contribution in [3.05, 3.63) is 0 Å². The van der Waals surface area contributed by atoms with Gasteiger partial charge in [0.05, 0.1) is 0 Å². The molecule has 1 aliphatic heterocycles. The normalized spacial score (nSPS) is 27.1. The van der Waals surface area contributed by atoms with Gasteiger partial charge in [-0.05, 0) is 44.2 Å². The summed E-state index contributed by atoms with van der Waals surface area (Å²) in [5.74, 6) is 1.92. The standard InChI is InChI=1S/C15H28N2O/c1-12(9-13-5-2-3-6-13)15(18)17-11-14-7-4-8-16-10-14/h12-14,16H,2-11H2,1H3,(H,17,18). The fraction of sp³-hybridized carbons (Fsp3) is 0.933. The summed E-state index contributed by atoms with van der Waals surface area (Å²) in [6.07, 6.45) is 9.00. The fourth-order valence-corrected chi connectivity index (χ4v) is 3.37. The number of carbonyl (C=O) groups is 1. The SMILES string of the molecule is CC(CC1CCCC1)C(=O)NCC1CCCNC1. The van der Waals surface area contributed by atoms with Gasteiger partial charge in [0.15, 0.2) is 0 Å². The van der Waals surface area contributed by atoms with Crippen molar-refractivity contribution in [2.24, 2.45) is 17.8 Å². The molecule has 0 aromatic rings. The van der Waals surface area contributed by atoms with Crippen molar-refractivity contribution in [3.8, 4) is 0 Å². The Morgan fingerprint density at radius 1 is 1.22 bits per heavy atom. The smallest absolute Gasteiger partial charge is 0.222 e. The molecule has 0 spiro atoms. The quantitative estimate of drug-likeness (QED) is 0.788. The van der Waals surface area contributed by atoms with E-state index < -0.39 is 0 Å². The zero-order valence-electron chi connectivity index (χ0n) is 11.7. The molecule has 2 aliphatic rings. The van der Waals surface area contributed by atoms with E-state index in [1.54, 1.807) is 0 Å². The van der Waals surface area contributed by atoms with Crippen molar-refractivity contribution < 1.29 is 4.79 Å². The summed E-state index contributed by atoms with van der Waals surface area (Å²) in [6.45, 7) is 5.16. The summed E-state index contributed by atoms with van der Waals surface area (Å²) >= 11 is 0. The van der Waals surface area contributed by atoms with Crippen LogP contribution in [0.25, 0.3) is 0 Å². The molecule has 3 heteroatoms. The summed E-state index contributed by atoms with van der Waals surface area (Å²) < 4.78 is 0. The van der Waals surface area contributed by atoms with E-state index in [0.29, 0.717) is 5.92 Å². The summed E-state index contributed by atoms with van der Waals surface area (Å²) in [5, 5.41) is 6.54. The molecule has 18 heavy (non-hydrogen) atoms. The number of carbonyl (C=O) groups excluding carboxylic acids is 1. The average Bonchev–Trinajstić information content (AvgIpc) is 2.90. The van der Waals surface area contributed by atoms with Gasteiger partial charge in [-0.3, -0.25) is 4.79 Å². The van der Waals surface area contributed by atoms with Gasteiger partial charge in [0.25, 0.3) is 0 Å². The highest BCUT2D eigenvalue weighted by molar-refractivity contribution is 5.78. The lowest BCUT2D eigenvalue weighted by atomic mass is 9.93. The van der Waals surface area contributed by atoms with Crippen molar-refractivity contribution >= 4 is 5.91 Å². The van der Waals surface area contributed by atoms with Crippen LogP contribution < -0.4 is 10.6 Å². The van der Waals surface area contributed by atoms with Crippen LogP contribution in [0, 0.1) is 17.8 Å². The van der Waals surface area contributed by atoms with Crippen molar-refractivity contribution in [1.82, 2.24) is 10.6 Å². The number of rotatable bonds is 5. The Kier molecular flexibility index (Phi) is 5.48. The molecule has 2 unspecified atom stereocenters. The number of piperidine rings is 1. The van der Waals surface area contributed by atoms with E-state index in [1.165, 1.54) is 38.5 Å². The van der Waals surface area contributed by atoms with Gasteiger partial charge in [-0.25, -0.2) is 0 Å². The third-order valence-electron chi connectivity index (χ3n) is 4.57. The van der Waals surface area contributed by atoms with Gasteiger partial charge >= 0.3 is 0 Å². The predicted octanol–water partition coefficient (Wildman–Crippen LogP) is 2.32. The van der Waals surface area contributed by atoms with Crippen molar-refractivity contribution in [3.63, 3.8) is 0 Å². The predicted molar refractivity (Wildman–Crippen MR) is 74.3 cm³/mol. The molecule has 1 amide bonds. The Hall–Kier alpha value is -0.570. The topological polar surface area (TPSA) is 41.1 Å². The Morgan fingerprint density at radius 3 is 2.61 bits per heavy atom. The van der Waals surface area contributed by atoms with Crippen LogP contribution in [-0.4, -0.2) is 25.5 Å². The molecule has 0 aromatic carbocycles. The second kappa shape index (κ2) is 7.13. The molecule has 104 valence electrons. The first-order chi connectivity index (χ1) is 8.75. The number of nitrogens with one attached hydrogen (secondary N) is 2. The second-order valence-electron chi connectivity index (χ2n) is 6.24. The van der Waals surface area contributed by atoms with Crippen molar-refractivity contribution in [2.75, 3.05) is 19.6 Å². The minimum Gasteiger partial charge on any atom is -0.356 e. The lowest BCUT2D eigenvalue weighted by Gasteiger charge is -2.24. The molecule has 2 fully saturated rings. The molecule has 1 aliphatic carbocycles. The van der Waals surface area contributed by atoms with E-state index in [-0.39, 0.29) is 11.8 Å². The summed E-state index contributed by atoms with van der Waals surface area (Å²) in [4.78, 5) is 12.0. The van der Waals surface area contributed by atoms with Crippen LogP contribution in [0.3, 0.4) is 0 Å². The summed E-state index contributed by atoms with van der Waals surface area (Å²) in [6, 6.07) is 0. The highest BCUT2D eigenvalue weighted by Gasteiger charge is 2.22. The van der Waals surface area contributed by atoms with E-state index in [4.69, 9.17) is 0 Å². The molecule has 2 N–H and O–H groups in total. The van der Waals surface area contributed by atoms with Crippen LogP contribution in [-0.2, 0) is 4.79 Å². The molecule has 1 saturated heterocycles. The molecule has 0 aromatic heterocycles. The molecular formula is C15H28N2O. The van der Waals surface area contributed by atoms with Gasteiger partial charge in [0.2, 0.25) is 5.91 Å². The van der Waals surface area contributed by atoms with Gasteiger partial charge in [0, 0.05) is 12.5 Å². The first-order valence-corrected chi connectivity index (χ1v) is 7.74. The molecule has 2 atom stereocenters. The van der Waals surface area contributed by atoms with E-state index in [2.05, 4.69) is 17.6 Å². The van der Waals surface area contributed by atoms with Gasteiger partial charge in [-0.15, -0.1) is 0 Å². The lowest BCUT2D eigenvalue weighted by Crippen LogP contribution is -2.39. The zero-order chi connectivity index (χ0) is 12.8. The Morgan fingerprint density at radius 2 is 1.94 bits per heavy atom. The number of hydrogen-bond acceptors (Lipinski definition) is 2. The lowest BCUT2D eigenvalue weighted by molar-refractivity contribution is -0.125. The zero-order valence-corrected chi connectivity index (χ0v) is 11.7. The van der Waals surface area contributed by atoms with Crippen LogP contribution in [0.2, 0.25) is 0 Å². The molecule has 0 bridgehead atoms. The van der Waals surface area contributed by atoms with Gasteiger partial charge in [-0.2, -0.15) is 0 Å². The Balaban J connectivity index is 1.63. The molecule has 3 nitrogen and oxygen atoms in total. The van der Waals surface area contributed by atoms with Crippen LogP contribution >= 0.6 is 0 Å². The highest BCUT2D eigenvalue weighted by atomic mass is 16.1. The van der Waals surface area contributed by atoms with Crippen molar-refractivity contribution in [1.29, 1.82) is 0 Å². The Labute approximate surface area is 111 Å². The van der Waals surface area contributed by atoms with Crippen LogP contribution in [0.5, 0.6) is 0 Å². The second-order valence-corrected chi connectivity index (χ2v) is 6.24. The first kappa shape index (κ1) is 13.9. The third-order valence-corrected chi connectivity index (χ3v) is 4.57. The molecule has 0 radical (unpaired) electrons. The Bertz CT molecular complexity index is 255. The first-order valence-electron chi connectivity index (χ1n) is 7.74. The molecular weight excluding hydrogens is 224 g/mol.